The molecule has 220 valence electrons. The number of ether oxygens (including phenoxy) is 2. The van der Waals surface area contributed by atoms with Gasteiger partial charge in [0.05, 0.1) is 18.9 Å². The van der Waals surface area contributed by atoms with Crippen molar-refractivity contribution >= 4 is 17.5 Å². The first-order valence-corrected chi connectivity index (χ1v) is 14.6. The summed E-state index contributed by atoms with van der Waals surface area (Å²) in [5.74, 6) is 0.557. The van der Waals surface area contributed by atoms with E-state index in [9.17, 15) is 14.7 Å². The third-order valence-corrected chi connectivity index (χ3v) is 8.21. The highest BCUT2D eigenvalue weighted by Crippen LogP contribution is 2.42. The van der Waals surface area contributed by atoms with Gasteiger partial charge in [-0.1, -0.05) is 33.6 Å². The molecule has 1 aromatic heterocycles. The first kappa shape index (κ1) is 29.9. The number of piperidine rings is 1. The molecule has 9 heteroatoms. The van der Waals surface area contributed by atoms with Crippen LogP contribution in [-0.2, 0) is 11.2 Å². The minimum atomic E-state index is -0.728. The molecule has 4 rings (SSSR count). The molecule has 1 aliphatic heterocycles. The van der Waals surface area contributed by atoms with Crippen LogP contribution in [0.25, 0.3) is 0 Å². The maximum atomic E-state index is 13.4. The van der Waals surface area contributed by atoms with E-state index in [1.165, 1.54) is 0 Å². The van der Waals surface area contributed by atoms with Crippen molar-refractivity contribution in [2.45, 2.75) is 90.9 Å². The zero-order chi connectivity index (χ0) is 29.0. The number of benzene rings is 1. The monoisotopic (exact) mass is 554 g/mol. The number of anilines is 1. The molecule has 40 heavy (non-hydrogen) atoms. The molecule has 0 saturated carbocycles. The Bertz CT molecular complexity index is 1200. The maximum absolute atomic E-state index is 13.4. The normalized spacial score (nSPS) is 19.9. The number of nitrogens with zero attached hydrogens (tertiary/aromatic N) is 1. The molecular weight excluding hydrogens is 508 g/mol. The van der Waals surface area contributed by atoms with Gasteiger partial charge in [-0.2, -0.15) is 0 Å². The van der Waals surface area contributed by atoms with Crippen LogP contribution in [0.5, 0.6) is 11.5 Å². The Kier molecular flexibility index (Phi) is 9.46. The molecule has 2 atom stereocenters. The number of hydrogen-bond acceptors (Lipinski definition) is 6. The Labute approximate surface area is 238 Å². The van der Waals surface area contributed by atoms with Crippen molar-refractivity contribution in [3.8, 4) is 11.5 Å². The van der Waals surface area contributed by atoms with E-state index in [0.717, 1.165) is 62.0 Å². The van der Waals surface area contributed by atoms with Crippen LogP contribution in [0.15, 0.2) is 18.2 Å². The highest BCUT2D eigenvalue weighted by atomic mass is 16.5. The van der Waals surface area contributed by atoms with E-state index >= 15 is 0 Å². The predicted molar refractivity (Wildman–Crippen MR) is 156 cm³/mol. The fourth-order valence-electron chi connectivity index (χ4n) is 5.94. The van der Waals surface area contributed by atoms with Gasteiger partial charge in [-0.15, -0.1) is 0 Å². The van der Waals surface area contributed by atoms with Crippen molar-refractivity contribution in [2.75, 3.05) is 32.6 Å². The number of rotatable bonds is 10. The van der Waals surface area contributed by atoms with Crippen molar-refractivity contribution < 1.29 is 24.2 Å². The Hall–Kier alpha value is -3.04. The number of hydrogen-bond donors (Lipinski definition) is 4. The van der Waals surface area contributed by atoms with E-state index in [-0.39, 0.29) is 23.3 Å². The number of aliphatic hydroxyl groups is 1. The minimum absolute atomic E-state index is 0.0617. The number of aromatic amines is 1. The first-order chi connectivity index (χ1) is 19.0. The molecule has 2 aromatic rings. The van der Waals surface area contributed by atoms with Gasteiger partial charge in [-0.05, 0) is 69.2 Å². The number of aliphatic hydroxyl groups excluding tert-OH is 1. The van der Waals surface area contributed by atoms with Crippen molar-refractivity contribution in [1.29, 1.82) is 0 Å². The lowest BCUT2D eigenvalue weighted by Gasteiger charge is -2.33. The molecule has 1 saturated heterocycles. The zero-order valence-electron chi connectivity index (χ0n) is 24.9. The van der Waals surface area contributed by atoms with E-state index in [2.05, 4.69) is 48.3 Å². The van der Waals surface area contributed by atoms with Gasteiger partial charge in [0.2, 0.25) is 5.91 Å². The molecule has 0 radical (unpaired) electrons. The van der Waals surface area contributed by atoms with Gasteiger partial charge in [0, 0.05) is 30.4 Å². The van der Waals surface area contributed by atoms with Crippen molar-refractivity contribution in [2.24, 2.45) is 5.41 Å². The van der Waals surface area contributed by atoms with Crippen molar-refractivity contribution in [3.63, 3.8) is 0 Å². The summed E-state index contributed by atoms with van der Waals surface area (Å²) in [6.07, 6.45) is 5.05. The first-order valence-electron chi connectivity index (χ1n) is 14.6. The summed E-state index contributed by atoms with van der Waals surface area (Å²) in [5, 5.41) is 16.7. The van der Waals surface area contributed by atoms with E-state index in [4.69, 9.17) is 9.47 Å². The third-order valence-electron chi connectivity index (χ3n) is 8.21. The van der Waals surface area contributed by atoms with Crippen LogP contribution < -0.4 is 20.1 Å². The average molecular weight is 555 g/mol. The molecule has 1 fully saturated rings. The maximum Gasteiger partial charge on any atom is 0.268 e. The Morgan fingerprint density at radius 1 is 1.25 bits per heavy atom. The number of fused-ring (bicyclic) bond motifs is 1. The summed E-state index contributed by atoms with van der Waals surface area (Å²) in [5.41, 5.74) is 3.32. The Balaban J connectivity index is 1.46. The van der Waals surface area contributed by atoms with Gasteiger partial charge < -0.3 is 35.1 Å². The standard InChI is InChI=1S/C31H46N4O5/c1-7-8-9-23(34-30(38)28-19(2)27-24(32-28)17-31(3,4)18-25(27)36)29(37)33-22-11-10-21(16-26(22)39-6)40-20-12-14-35(5)15-13-20/h10-11,16,20,23,25,32,36H,7-9,12-15,17-18H2,1-6H3,(H,33,37)(H,34,38)/t23-,25?/m0/s1. The number of nitrogens with one attached hydrogen (secondary N) is 3. The van der Waals surface area contributed by atoms with Crippen molar-refractivity contribution in [3.05, 3.63) is 40.7 Å². The highest BCUT2D eigenvalue weighted by Gasteiger charge is 2.36. The van der Waals surface area contributed by atoms with Crippen LogP contribution in [0.4, 0.5) is 5.69 Å². The number of likely N-dealkylation sites (tertiary alicyclic amines) is 1. The fourth-order valence-corrected chi connectivity index (χ4v) is 5.94. The van der Waals surface area contributed by atoms with Gasteiger partial charge in [0.25, 0.3) is 5.91 Å². The summed E-state index contributed by atoms with van der Waals surface area (Å²) in [6.45, 7) is 10.1. The number of unbranched alkanes of at least 4 members (excludes halogenated alkanes) is 1. The molecule has 0 bridgehead atoms. The number of H-pyrrole nitrogens is 1. The van der Waals surface area contributed by atoms with Crippen LogP contribution in [0, 0.1) is 12.3 Å². The zero-order valence-corrected chi connectivity index (χ0v) is 24.9. The summed E-state index contributed by atoms with van der Waals surface area (Å²) >= 11 is 0. The van der Waals surface area contributed by atoms with E-state index < -0.39 is 12.1 Å². The molecule has 1 aromatic carbocycles. The summed E-state index contributed by atoms with van der Waals surface area (Å²) in [4.78, 5) is 32.4. The lowest BCUT2D eigenvalue weighted by Crippen LogP contribution is -2.44. The van der Waals surface area contributed by atoms with Crippen LogP contribution >= 0.6 is 0 Å². The molecule has 4 N–H and O–H groups in total. The number of aromatic nitrogens is 1. The SMILES string of the molecule is CCCC[C@H](NC(=O)c1[nH]c2c(c1C)C(O)CC(C)(C)C2)C(=O)Nc1ccc(OC2CCN(C)CC2)cc1OC. The average Bonchev–Trinajstić information content (AvgIpc) is 3.23. The molecule has 1 unspecified atom stereocenters. The Morgan fingerprint density at radius 2 is 1.98 bits per heavy atom. The molecule has 1 aliphatic carbocycles. The summed E-state index contributed by atoms with van der Waals surface area (Å²) in [6, 6.07) is 4.70. The van der Waals surface area contributed by atoms with E-state index in [0.29, 0.717) is 35.7 Å². The number of methoxy groups -OCH3 is 1. The van der Waals surface area contributed by atoms with Gasteiger partial charge in [0.15, 0.2) is 0 Å². The van der Waals surface area contributed by atoms with Crippen LogP contribution in [0.1, 0.15) is 92.7 Å². The number of carbonyl (C=O) groups excluding carboxylic acids is 2. The predicted octanol–water partition coefficient (Wildman–Crippen LogP) is 4.74. The second-order valence-corrected chi connectivity index (χ2v) is 12.2. The van der Waals surface area contributed by atoms with Crippen LogP contribution in [-0.4, -0.2) is 66.2 Å². The van der Waals surface area contributed by atoms with E-state index in [1.54, 1.807) is 19.2 Å². The third kappa shape index (κ3) is 6.99. The van der Waals surface area contributed by atoms with E-state index in [1.807, 2.05) is 13.0 Å². The smallest absolute Gasteiger partial charge is 0.268 e. The molecular formula is C31H46N4O5. The fraction of sp³-hybridized carbons (Fsp3) is 0.613. The van der Waals surface area contributed by atoms with Crippen LogP contribution in [0.2, 0.25) is 0 Å². The topological polar surface area (TPSA) is 116 Å². The molecule has 0 spiro atoms. The minimum Gasteiger partial charge on any atom is -0.494 e. The number of carbonyl (C=O) groups is 2. The lowest BCUT2D eigenvalue weighted by molar-refractivity contribution is -0.118. The molecule has 2 amide bonds. The number of amides is 2. The molecule has 2 aliphatic rings. The molecule has 2 heterocycles. The van der Waals surface area contributed by atoms with Gasteiger partial charge in [-0.25, -0.2) is 0 Å². The lowest BCUT2D eigenvalue weighted by atomic mass is 9.75. The van der Waals surface area contributed by atoms with Gasteiger partial charge >= 0.3 is 0 Å². The van der Waals surface area contributed by atoms with Crippen molar-refractivity contribution in [1.82, 2.24) is 15.2 Å². The van der Waals surface area contributed by atoms with Gasteiger partial charge in [-0.3, -0.25) is 9.59 Å². The quantitative estimate of drug-likeness (QED) is 0.337. The largest absolute Gasteiger partial charge is 0.494 e. The van der Waals surface area contributed by atoms with Gasteiger partial charge in [0.1, 0.15) is 29.3 Å². The Morgan fingerprint density at radius 3 is 2.65 bits per heavy atom. The second kappa shape index (κ2) is 12.6. The second-order valence-electron chi connectivity index (χ2n) is 12.2. The summed E-state index contributed by atoms with van der Waals surface area (Å²) < 4.78 is 11.8. The summed E-state index contributed by atoms with van der Waals surface area (Å²) in [7, 11) is 3.68. The van der Waals surface area contributed by atoms with Crippen LogP contribution in [0.3, 0.4) is 0 Å². The highest BCUT2D eigenvalue weighted by molar-refractivity contribution is 6.01. The molecule has 9 nitrogen and oxygen atoms in total.